The van der Waals surface area contributed by atoms with Crippen molar-refractivity contribution < 1.29 is 4.79 Å². The molecule has 0 spiro atoms. The average Bonchev–Trinajstić information content (AvgIpc) is 3.18. The van der Waals surface area contributed by atoms with E-state index in [1.807, 2.05) is 42.6 Å². The van der Waals surface area contributed by atoms with E-state index in [9.17, 15) is 4.79 Å². The Hall–Kier alpha value is -2.25. The number of aromatic nitrogens is 3. The van der Waals surface area contributed by atoms with Gasteiger partial charge in [-0.3, -0.25) is 14.5 Å². The van der Waals surface area contributed by atoms with Crippen molar-refractivity contribution in [1.82, 2.24) is 20.1 Å². The Labute approximate surface area is 149 Å². The number of carbonyl (C=O) groups is 1. The van der Waals surface area contributed by atoms with Gasteiger partial charge in [0.25, 0.3) is 0 Å². The molecule has 7 heteroatoms. The van der Waals surface area contributed by atoms with Crippen LogP contribution in [0.15, 0.2) is 41.8 Å². The first kappa shape index (κ1) is 16.6. The monoisotopic (exact) mass is 358 g/mol. The van der Waals surface area contributed by atoms with E-state index in [1.54, 1.807) is 15.9 Å². The van der Waals surface area contributed by atoms with Gasteiger partial charge >= 0.3 is 0 Å². The number of nitrogens with zero attached hydrogens (tertiary/aromatic N) is 2. The summed E-state index contributed by atoms with van der Waals surface area (Å²) < 4.78 is 2.17. The van der Waals surface area contributed by atoms with Crippen LogP contribution >= 0.6 is 23.6 Å². The molecular weight excluding hydrogens is 340 g/mol. The first-order valence-electron chi connectivity index (χ1n) is 7.65. The van der Waals surface area contributed by atoms with E-state index in [-0.39, 0.29) is 12.5 Å². The van der Waals surface area contributed by atoms with Crippen molar-refractivity contribution in [2.45, 2.75) is 19.9 Å². The summed E-state index contributed by atoms with van der Waals surface area (Å²) in [5.41, 5.74) is 2.07. The second kappa shape index (κ2) is 7.55. The van der Waals surface area contributed by atoms with E-state index < -0.39 is 0 Å². The molecule has 0 saturated heterocycles. The van der Waals surface area contributed by atoms with Crippen molar-refractivity contribution in [3.63, 3.8) is 0 Å². The Kier molecular flexibility index (Phi) is 5.22. The number of amides is 1. The summed E-state index contributed by atoms with van der Waals surface area (Å²) in [7, 11) is 0. The summed E-state index contributed by atoms with van der Waals surface area (Å²) in [6.07, 6.45) is 0.838. The largest absolute Gasteiger partial charge is 0.354 e. The van der Waals surface area contributed by atoms with Crippen LogP contribution in [0.5, 0.6) is 0 Å². The van der Waals surface area contributed by atoms with Crippen molar-refractivity contribution >= 4 is 29.5 Å². The third-order valence-electron chi connectivity index (χ3n) is 3.61. The number of rotatable bonds is 6. The van der Waals surface area contributed by atoms with E-state index in [2.05, 4.69) is 21.6 Å². The number of benzene rings is 1. The summed E-state index contributed by atoms with van der Waals surface area (Å²) >= 11 is 6.96. The quantitative estimate of drug-likeness (QED) is 0.664. The van der Waals surface area contributed by atoms with Crippen LogP contribution < -0.4 is 5.32 Å². The Morgan fingerprint density at radius 3 is 3.00 bits per heavy atom. The topological polar surface area (TPSA) is 62.7 Å². The maximum Gasteiger partial charge on any atom is 0.240 e. The molecule has 0 radical (unpaired) electrons. The number of aromatic amines is 1. The predicted octanol–water partition coefficient (Wildman–Crippen LogP) is 3.34. The van der Waals surface area contributed by atoms with Gasteiger partial charge in [-0.05, 0) is 43.1 Å². The van der Waals surface area contributed by atoms with Crippen molar-refractivity contribution in [3.05, 3.63) is 57.0 Å². The molecule has 0 aliphatic rings. The van der Waals surface area contributed by atoms with Crippen LogP contribution in [-0.4, -0.2) is 27.2 Å². The van der Waals surface area contributed by atoms with Crippen molar-refractivity contribution in [1.29, 1.82) is 0 Å². The molecule has 5 nitrogen and oxygen atoms in total. The zero-order valence-electron chi connectivity index (χ0n) is 13.3. The molecule has 124 valence electrons. The zero-order chi connectivity index (χ0) is 16.9. The third kappa shape index (κ3) is 3.98. The molecule has 3 rings (SSSR count). The highest BCUT2D eigenvalue weighted by atomic mass is 32.1. The lowest BCUT2D eigenvalue weighted by Gasteiger charge is -2.08. The fourth-order valence-corrected chi connectivity index (χ4v) is 3.35. The minimum absolute atomic E-state index is 0.0713. The van der Waals surface area contributed by atoms with E-state index in [4.69, 9.17) is 12.2 Å². The maximum absolute atomic E-state index is 12.2. The van der Waals surface area contributed by atoms with E-state index in [0.29, 0.717) is 17.1 Å². The van der Waals surface area contributed by atoms with Gasteiger partial charge in [0.1, 0.15) is 6.54 Å². The van der Waals surface area contributed by atoms with Crippen LogP contribution in [0.3, 0.4) is 0 Å². The van der Waals surface area contributed by atoms with Gasteiger partial charge in [0.05, 0.1) is 0 Å². The highest BCUT2D eigenvalue weighted by molar-refractivity contribution is 7.71. The Balaban J connectivity index is 1.67. The predicted molar refractivity (Wildman–Crippen MR) is 98.6 cm³/mol. The molecule has 24 heavy (non-hydrogen) atoms. The molecule has 0 fully saturated rings. The number of carbonyl (C=O) groups excluding carboxylic acids is 1. The summed E-state index contributed by atoms with van der Waals surface area (Å²) in [6.45, 7) is 2.79. The average molecular weight is 358 g/mol. The summed E-state index contributed by atoms with van der Waals surface area (Å²) in [4.78, 5) is 13.5. The Bertz CT molecular complexity index is 880. The molecular formula is C17H18N4OS2. The van der Waals surface area contributed by atoms with Crippen molar-refractivity contribution in [3.8, 4) is 11.4 Å². The van der Waals surface area contributed by atoms with E-state index >= 15 is 0 Å². The van der Waals surface area contributed by atoms with Gasteiger partial charge in [-0.2, -0.15) is 5.10 Å². The molecule has 2 N–H and O–H groups in total. The summed E-state index contributed by atoms with van der Waals surface area (Å²) in [5.74, 6) is 0.607. The molecule has 0 bridgehead atoms. The molecule has 0 unspecified atom stereocenters. The van der Waals surface area contributed by atoms with E-state index in [0.717, 1.165) is 17.5 Å². The number of thiophene rings is 1. The molecule has 0 saturated carbocycles. The first-order chi connectivity index (χ1) is 11.6. The highest BCUT2D eigenvalue weighted by Crippen LogP contribution is 2.18. The standard InChI is InChI=1S/C17H18N4OS2/c1-12-4-2-5-13(10-12)16-19-20-17(23)21(16)11-15(22)18-8-7-14-6-3-9-24-14/h2-6,9-10H,7-8,11H2,1H3,(H,18,22)(H,20,23). The Morgan fingerprint density at radius 2 is 2.25 bits per heavy atom. The van der Waals surface area contributed by atoms with Gasteiger partial charge in [-0.15, -0.1) is 11.3 Å². The fourth-order valence-electron chi connectivity index (χ4n) is 2.45. The molecule has 0 atom stereocenters. The molecule has 2 heterocycles. The smallest absolute Gasteiger partial charge is 0.240 e. The summed E-state index contributed by atoms with van der Waals surface area (Å²) in [5, 5.41) is 12.0. The SMILES string of the molecule is Cc1cccc(-c2n[nH]c(=S)n2CC(=O)NCCc2cccs2)c1. The van der Waals surface area contributed by atoms with Crippen molar-refractivity contribution in [2.24, 2.45) is 0 Å². The van der Waals surface area contributed by atoms with E-state index in [1.165, 1.54) is 4.88 Å². The summed E-state index contributed by atoms with van der Waals surface area (Å²) in [6, 6.07) is 12.1. The van der Waals surface area contributed by atoms with Crippen LogP contribution in [0, 0.1) is 11.7 Å². The second-order valence-electron chi connectivity index (χ2n) is 5.49. The lowest BCUT2D eigenvalue weighted by Crippen LogP contribution is -2.29. The second-order valence-corrected chi connectivity index (χ2v) is 6.91. The molecule has 2 aromatic heterocycles. The van der Waals surface area contributed by atoms with Gasteiger partial charge in [-0.1, -0.05) is 29.8 Å². The number of hydrogen-bond acceptors (Lipinski definition) is 4. The molecule has 1 aromatic carbocycles. The number of hydrogen-bond donors (Lipinski definition) is 2. The lowest BCUT2D eigenvalue weighted by molar-refractivity contribution is -0.121. The minimum atomic E-state index is -0.0713. The lowest BCUT2D eigenvalue weighted by atomic mass is 10.1. The molecule has 0 aliphatic carbocycles. The highest BCUT2D eigenvalue weighted by Gasteiger charge is 2.12. The first-order valence-corrected chi connectivity index (χ1v) is 8.93. The third-order valence-corrected chi connectivity index (χ3v) is 4.86. The number of nitrogens with one attached hydrogen (secondary N) is 2. The molecule has 1 amide bonds. The minimum Gasteiger partial charge on any atom is -0.354 e. The normalized spacial score (nSPS) is 10.7. The van der Waals surface area contributed by atoms with Crippen molar-refractivity contribution in [2.75, 3.05) is 6.54 Å². The van der Waals surface area contributed by atoms with Crippen LogP contribution in [0.2, 0.25) is 0 Å². The van der Waals surface area contributed by atoms with Crippen LogP contribution in [0.1, 0.15) is 10.4 Å². The van der Waals surface area contributed by atoms with Crippen LogP contribution in [0.25, 0.3) is 11.4 Å². The molecule has 3 aromatic rings. The number of aryl methyl sites for hydroxylation is 1. The Morgan fingerprint density at radius 1 is 1.38 bits per heavy atom. The van der Waals surface area contributed by atoms with Gasteiger partial charge in [-0.25, -0.2) is 0 Å². The van der Waals surface area contributed by atoms with Gasteiger partial charge in [0.2, 0.25) is 5.91 Å². The fraction of sp³-hybridized carbons (Fsp3) is 0.235. The molecule has 0 aliphatic heterocycles. The van der Waals surface area contributed by atoms with Crippen LogP contribution in [0.4, 0.5) is 0 Å². The maximum atomic E-state index is 12.2. The zero-order valence-corrected chi connectivity index (χ0v) is 14.9. The van der Waals surface area contributed by atoms with Crippen LogP contribution in [-0.2, 0) is 17.8 Å². The van der Waals surface area contributed by atoms with Gasteiger partial charge < -0.3 is 5.32 Å². The number of H-pyrrole nitrogens is 1. The van der Waals surface area contributed by atoms with Gasteiger partial charge in [0.15, 0.2) is 10.6 Å². The van der Waals surface area contributed by atoms with Gasteiger partial charge in [0, 0.05) is 17.0 Å².